The Labute approximate surface area is 122 Å². The second-order valence-corrected chi connectivity index (χ2v) is 5.54. The predicted octanol–water partition coefficient (Wildman–Crippen LogP) is 0.362. The Morgan fingerprint density at radius 2 is 2.21 bits per heavy atom. The van der Waals surface area contributed by atoms with E-state index in [9.17, 15) is 9.59 Å². The fraction of sp³-hybridized carbons (Fsp3) is 0.727. The van der Waals surface area contributed by atoms with E-state index in [4.69, 9.17) is 21.7 Å². The van der Waals surface area contributed by atoms with E-state index in [1.54, 1.807) is 14.2 Å². The van der Waals surface area contributed by atoms with Crippen LogP contribution in [0, 0.1) is 0 Å². The molecule has 0 aromatic rings. The predicted molar refractivity (Wildman–Crippen MR) is 76.8 cm³/mol. The third-order valence-corrected chi connectivity index (χ3v) is 4.04. The van der Waals surface area contributed by atoms with Gasteiger partial charge in [-0.15, -0.1) is 0 Å². The van der Waals surface area contributed by atoms with Crippen LogP contribution in [0.25, 0.3) is 0 Å². The Bertz CT molecular complexity index is 332. The van der Waals surface area contributed by atoms with Gasteiger partial charge in [-0.3, -0.25) is 14.5 Å². The summed E-state index contributed by atoms with van der Waals surface area (Å²) in [5.74, 6) is 0.0173. The average molecular weight is 306 g/mol. The molecule has 0 aromatic carbocycles. The average Bonchev–Trinajstić information content (AvgIpc) is 2.71. The molecular weight excluding hydrogens is 288 g/mol. The van der Waals surface area contributed by atoms with Crippen LogP contribution in [-0.4, -0.2) is 60.4 Å². The van der Waals surface area contributed by atoms with E-state index in [1.165, 1.54) is 16.7 Å². The fourth-order valence-electron chi connectivity index (χ4n) is 1.56. The first-order chi connectivity index (χ1) is 9.08. The second kappa shape index (κ2) is 8.47. The van der Waals surface area contributed by atoms with Gasteiger partial charge in [-0.25, -0.2) is 0 Å². The number of carbonyl (C=O) groups is 2. The summed E-state index contributed by atoms with van der Waals surface area (Å²) in [5.41, 5.74) is 0. The van der Waals surface area contributed by atoms with E-state index in [2.05, 4.69) is 5.32 Å². The number of rotatable bonds is 8. The first kappa shape index (κ1) is 16.4. The van der Waals surface area contributed by atoms with Crippen molar-refractivity contribution in [3.05, 3.63) is 0 Å². The van der Waals surface area contributed by atoms with Crippen molar-refractivity contribution in [2.45, 2.75) is 19.1 Å². The first-order valence-corrected chi connectivity index (χ1v) is 7.27. The Balaban J connectivity index is 2.18. The summed E-state index contributed by atoms with van der Waals surface area (Å²) in [5, 5.41) is 2.74. The maximum atomic E-state index is 11.6. The normalized spacial score (nSPS) is 15.4. The molecule has 0 unspecified atom stereocenters. The topological polar surface area (TPSA) is 67.9 Å². The summed E-state index contributed by atoms with van der Waals surface area (Å²) < 4.78 is 10.5. The molecule has 8 heteroatoms. The molecule has 0 bridgehead atoms. The zero-order valence-corrected chi connectivity index (χ0v) is 12.6. The van der Waals surface area contributed by atoms with Gasteiger partial charge in [0.05, 0.1) is 5.75 Å². The van der Waals surface area contributed by atoms with Crippen LogP contribution in [0.2, 0.25) is 0 Å². The van der Waals surface area contributed by atoms with Crippen LogP contribution in [0.3, 0.4) is 0 Å². The highest BCUT2D eigenvalue weighted by molar-refractivity contribution is 8.23. The molecule has 0 spiro atoms. The van der Waals surface area contributed by atoms with E-state index < -0.39 is 0 Å². The van der Waals surface area contributed by atoms with Gasteiger partial charge in [0.25, 0.3) is 0 Å². The third kappa shape index (κ3) is 5.43. The van der Waals surface area contributed by atoms with Crippen molar-refractivity contribution in [3.8, 4) is 0 Å². The Kier molecular flexibility index (Phi) is 7.29. The van der Waals surface area contributed by atoms with E-state index >= 15 is 0 Å². The van der Waals surface area contributed by atoms with Gasteiger partial charge >= 0.3 is 0 Å². The standard InChI is InChI=1S/C11H18N2O4S2/c1-16-10(17-2)4-3-5-12-8(14)6-13-9(15)7-19-11(13)18/h10H,3-7H2,1-2H3,(H,12,14). The monoisotopic (exact) mass is 306 g/mol. The lowest BCUT2D eigenvalue weighted by Gasteiger charge is -2.15. The minimum Gasteiger partial charge on any atom is -0.356 e. The number of hydrogen-bond acceptors (Lipinski definition) is 6. The number of nitrogens with zero attached hydrogens (tertiary/aromatic N) is 1. The van der Waals surface area contributed by atoms with Gasteiger partial charge in [0.2, 0.25) is 11.8 Å². The molecule has 0 aliphatic carbocycles. The van der Waals surface area contributed by atoms with E-state index in [1.807, 2.05) is 0 Å². The fourth-order valence-corrected chi connectivity index (χ4v) is 2.63. The molecule has 108 valence electrons. The van der Waals surface area contributed by atoms with Crippen molar-refractivity contribution >= 4 is 40.1 Å². The van der Waals surface area contributed by atoms with Crippen LogP contribution in [0.15, 0.2) is 0 Å². The number of carbonyl (C=O) groups excluding carboxylic acids is 2. The lowest BCUT2D eigenvalue weighted by atomic mass is 10.3. The summed E-state index contributed by atoms with van der Waals surface area (Å²) in [7, 11) is 3.15. The zero-order chi connectivity index (χ0) is 14.3. The summed E-state index contributed by atoms with van der Waals surface area (Å²) in [6, 6.07) is 0. The maximum absolute atomic E-state index is 11.6. The summed E-state index contributed by atoms with van der Waals surface area (Å²) >= 11 is 6.28. The van der Waals surface area contributed by atoms with Crippen LogP contribution >= 0.6 is 24.0 Å². The van der Waals surface area contributed by atoms with Crippen molar-refractivity contribution in [1.82, 2.24) is 10.2 Å². The highest BCUT2D eigenvalue weighted by Crippen LogP contribution is 2.18. The van der Waals surface area contributed by atoms with Gasteiger partial charge in [0.15, 0.2) is 6.29 Å². The molecule has 1 aliphatic heterocycles. The molecule has 6 nitrogen and oxygen atoms in total. The van der Waals surface area contributed by atoms with Crippen molar-refractivity contribution in [2.24, 2.45) is 0 Å². The highest BCUT2D eigenvalue weighted by atomic mass is 32.2. The number of methoxy groups -OCH3 is 2. The van der Waals surface area contributed by atoms with Crippen molar-refractivity contribution in [3.63, 3.8) is 0 Å². The minimum absolute atomic E-state index is 0.00263. The number of thiocarbonyl (C=S) groups is 1. The van der Waals surface area contributed by atoms with Crippen LogP contribution in [0.1, 0.15) is 12.8 Å². The Hall–Kier alpha value is -0.700. The van der Waals surface area contributed by atoms with Gasteiger partial charge in [0, 0.05) is 27.2 Å². The molecule has 1 aliphatic rings. The summed E-state index contributed by atoms with van der Waals surface area (Å²) in [6.45, 7) is 0.520. The summed E-state index contributed by atoms with van der Waals surface area (Å²) in [4.78, 5) is 24.4. The molecule has 2 amide bonds. The van der Waals surface area contributed by atoms with Crippen molar-refractivity contribution in [1.29, 1.82) is 0 Å². The molecule has 1 fully saturated rings. The number of thioether (sulfide) groups is 1. The summed E-state index contributed by atoms with van der Waals surface area (Å²) in [6.07, 6.45) is 1.19. The molecule has 1 rings (SSSR count). The number of ether oxygens (including phenoxy) is 2. The van der Waals surface area contributed by atoms with Gasteiger partial charge in [-0.2, -0.15) is 0 Å². The quantitative estimate of drug-likeness (QED) is 0.397. The molecule has 19 heavy (non-hydrogen) atoms. The first-order valence-electron chi connectivity index (χ1n) is 5.88. The smallest absolute Gasteiger partial charge is 0.240 e. The molecule has 1 saturated heterocycles. The lowest BCUT2D eigenvalue weighted by Crippen LogP contribution is -2.40. The molecular formula is C11H18N2O4S2. The van der Waals surface area contributed by atoms with Crippen LogP contribution in [0.5, 0.6) is 0 Å². The van der Waals surface area contributed by atoms with E-state index in [-0.39, 0.29) is 24.6 Å². The molecule has 0 radical (unpaired) electrons. The molecule has 1 N–H and O–H groups in total. The van der Waals surface area contributed by atoms with Crippen molar-refractivity contribution < 1.29 is 19.1 Å². The minimum atomic E-state index is -0.249. The van der Waals surface area contributed by atoms with Crippen LogP contribution in [-0.2, 0) is 19.1 Å². The molecule has 0 saturated carbocycles. The Morgan fingerprint density at radius 3 is 2.74 bits per heavy atom. The van der Waals surface area contributed by atoms with Gasteiger partial charge in [0.1, 0.15) is 10.9 Å². The van der Waals surface area contributed by atoms with Gasteiger partial charge in [-0.1, -0.05) is 24.0 Å². The number of hydrogen-bond donors (Lipinski definition) is 1. The molecule has 0 atom stereocenters. The highest BCUT2D eigenvalue weighted by Gasteiger charge is 2.28. The van der Waals surface area contributed by atoms with E-state index in [0.29, 0.717) is 23.0 Å². The van der Waals surface area contributed by atoms with Crippen LogP contribution in [0.4, 0.5) is 0 Å². The largest absolute Gasteiger partial charge is 0.356 e. The molecule has 0 aromatic heterocycles. The Morgan fingerprint density at radius 1 is 1.53 bits per heavy atom. The van der Waals surface area contributed by atoms with Gasteiger partial charge < -0.3 is 14.8 Å². The zero-order valence-electron chi connectivity index (χ0n) is 11.0. The number of nitrogens with one attached hydrogen (secondary N) is 1. The molecule has 1 heterocycles. The second-order valence-electron chi connectivity index (χ2n) is 3.93. The third-order valence-electron chi connectivity index (χ3n) is 2.61. The van der Waals surface area contributed by atoms with Crippen molar-refractivity contribution in [2.75, 3.05) is 33.1 Å². The maximum Gasteiger partial charge on any atom is 0.240 e. The SMILES string of the molecule is COC(CCCNC(=O)CN1C(=O)CSC1=S)OC. The van der Waals surface area contributed by atoms with Gasteiger partial charge in [-0.05, 0) is 6.42 Å². The number of amides is 2. The van der Waals surface area contributed by atoms with Crippen LogP contribution < -0.4 is 5.32 Å². The lowest BCUT2D eigenvalue weighted by molar-refractivity contribution is -0.130. The van der Waals surface area contributed by atoms with E-state index in [0.717, 1.165) is 6.42 Å².